The summed E-state index contributed by atoms with van der Waals surface area (Å²) in [4.78, 5) is 0. The van der Waals surface area contributed by atoms with Gasteiger partial charge in [0.2, 0.25) is 0 Å². The van der Waals surface area contributed by atoms with Gasteiger partial charge in [-0.1, -0.05) is 23.7 Å². The Morgan fingerprint density at radius 3 is 2.69 bits per heavy atom. The molecule has 1 aliphatic rings. The summed E-state index contributed by atoms with van der Waals surface area (Å²) in [5, 5.41) is 4.06. The zero-order valence-corrected chi connectivity index (χ0v) is 8.05. The van der Waals surface area contributed by atoms with Gasteiger partial charge in [0, 0.05) is 18.1 Å². The van der Waals surface area contributed by atoms with Gasteiger partial charge in [0.05, 0.1) is 12.7 Å². The third-order valence-electron chi connectivity index (χ3n) is 2.17. The molecule has 0 aromatic heterocycles. The van der Waals surface area contributed by atoms with Crippen LogP contribution < -0.4 is 5.32 Å². The van der Waals surface area contributed by atoms with Crippen LogP contribution in [-0.2, 0) is 4.74 Å². The third kappa shape index (κ3) is 2.21. The van der Waals surface area contributed by atoms with Gasteiger partial charge < -0.3 is 10.1 Å². The minimum atomic E-state index is 0.186. The maximum absolute atomic E-state index is 5.79. The average Bonchev–Trinajstić information content (AvgIpc) is 2.20. The van der Waals surface area contributed by atoms with Gasteiger partial charge in [0.25, 0.3) is 0 Å². The van der Waals surface area contributed by atoms with Crippen LogP contribution in [0.2, 0.25) is 5.02 Å². The summed E-state index contributed by atoms with van der Waals surface area (Å²) in [7, 11) is 0. The van der Waals surface area contributed by atoms with Crippen LogP contribution in [-0.4, -0.2) is 19.7 Å². The van der Waals surface area contributed by atoms with Crippen molar-refractivity contribution in [1.82, 2.24) is 5.32 Å². The largest absolute Gasteiger partial charge is 0.371 e. The molecule has 0 unspecified atom stereocenters. The Balaban J connectivity index is 2.10. The van der Waals surface area contributed by atoms with Gasteiger partial charge in [-0.25, -0.2) is 0 Å². The van der Waals surface area contributed by atoms with Gasteiger partial charge in [-0.3, -0.25) is 0 Å². The molecular formula is C10H12ClNO. The number of rotatable bonds is 1. The van der Waals surface area contributed by atoms with Crippen molar-refractivity contribution in [3.05, 3.63) is 34.9 Å². The predicted molar refractivity (Wildman–Crippen MR) is 53.0 cm³/mol. The standard InChI is InChI=1S/C10H12ClNO/c11-9-3-1-8(2-4-9)10-7-12-5-6-13-10/h1-4,10,12H,5-7H2/t10-/m1/s1. The SMILES string of the molecule is Clc1ccc([C@H]2CNCCO2)cc1. The molecule has 1 heterocycles. The molecule has 1 saturated heterocycles. The molecule has 70 valence electrons. The summed E-state index contributed by atoms with van der Waals surface area (Å²) in [6.07, 6.45) is 0.186. The second-order valence-corrected chi connectivity index (χ2v) is 3.55. The lowest BCUT2D eigenvalue weighted by Gasteiger charge is -2.23. The van der Waals surface area contributed by atoms with Crippen molar-refractivity contribution < 1.29 is 4.74 Å². The molecule has 3 heteroatoms. The minimum Gasteiger partial charge on any atom is -0.371 e. The maximum Gasteiger partial charge on any atom is 0.0949 e. The first-order chi connectivity index (χ1) is 6.36. The summed E-state index contributed by atoms with van der Waals surface area (Å²) < 4.78 is 5.60. The van der Waals surface area contributed by atoms with Crippen molar-refractivity contribution >= 4 is 11.6 Å². The van der Waals surface area contributed by atoms with Crippen LogP contribution in [0.15, 0.2) is 24.3 Å². The van der Waals surface area contributed by atoms with Gasteiger partial charge in [0.15, 0.2) is 0 Å². The van der Waals surface area contributed by atoms with E-state index in [4.69, 9.17) is 16.3 Å². The van der Waals surface area contributed by atoms with Gasteiger partial charge in [-0.2, -0.15) is 0 Å². The van der Waals surface area contributed by atoms with Crippen molar-refractivity contribution in [3.63, 3.8) is 0 Å². The van der Waals surface area contributed by atoms with E-state index in [1.807, 2.05) is 24.3 Å². The summed E-state index contributed by atoms with van der Waals surface area (Å²) >= 11 is 5.79. The molecule has 1 N–H and O–H groups in total. The molecular weight excluding hydrogens is 186 g/mol. The van der Waals surface area contributed by atoms with Crippen LogP contribution in [0.25, 0.3) is 0 Å². The Labute approximate surface area is 82.9 Å². The molecule has 0 spiro atoms. The van der Waals surface area contributed by atoms with Crippen LogP contribution in [0.3, 0.4) is 0 Å². The molecule has 0 aliphatic carbocycles. The average molecular weight is 198 g/mol. The first-order valence-electron chi connectivity index (χ1n) is 4.44. The van der Waals surface area contributed by atoms with Crippen molar-refractivity contribution in [3.8, 4) is 0 Å². The molecule has 2 nitrogen and oxygen atoms in total. The molecule has 13 heavy (non-hydrogen) atoms. The molecule has 1 fully saturated rings. The Morgan fingerprint density at radius 2 is 2.08 bits per heavy atom. The number of ether oxygens (including phenoxy) is 1. The predicted octanol–water partition coefficient (Wildman–Crippen LogP) is 2.00. The van der Waals surface area contributed by atoms with Gasteiger partial charge in [0.1, 0.15) is 0 Å². The van der Waals surface area contributed by atoms with Gasteiger partial charge in [-0.05, 0) is 17.7 Å². The molecule has 0 amide bonds. The number of nitrogens with one attached hydrogen (secondary N) is 1. The van der Waals surface area contributed by atoms with Crippen molar-refractivity contribution in [1.29, 1.82) is 0 Å². The van der Waals surface area contributed by atoms with E-state index in [9.17, 15) is 0 Å². The van der Waals surface area contributed by atoms with Crippen LogP contribution in [0, 0.1) is 0 Å². The first-order valence-corrected chi connectivity index (χ1v) is 4.82. The fourth-order valence-corrected chi connectivity index (χ4v) is 1.58. The second-order valence-electron chi connectivity index (χ2n) is 3.12. The topological polar surface area (TPSA) is 21.3 Å². The number of benzene rings is 1. The Hall–Kier alpha value is -0.570. The van der Waals surface area contributed by atoms with E-state index >= 15 is 0 Å². The second kappa shape index (κ2) is 4.09. The summed E-state index contributed by atoms with van der Waals surface area (Å²) in [6.45, 7) is 2.62. The van der Waals surface area contributed by atoms with E-state index in [-0.39, 0.29) is 6.10 Å². The summed E-state index contributed by atoms with van der Waals surface area (Å²) in [5.41, 5.74) is 1.19. The summed E-state index contributed by atoms with van der Waals surface area (Å²) in [6, 6.07) is 7.82. The van der Waals surface area contributed by atoms with E-state index in [1.165, 1.54) is 5.56 Å². The highest BCUT2D eigenvalue weighted by atomic mass is 35.5. The Bertz CT molecular complexity index is 267. The lowest BCUT2D eigenvalue weighted by molar-refractivity contribution is 0.0277. The van der Waals surface area contributed by atoms with Crippen molar-refractivity contribution in [2.45, 2.75) is 6.10 Å². The number of hydrogen-bond acceptors (Lipinski definition) is 2. The zero-order chi connectivity index (χ0) is 9.10. The van der Waals surface area contributed by atoms with Crippen LogP contribution in [0.5, 0.6) is 0 Å². The molecule has 0 bridgehead atoms. The van der Waals surface area contributed by atoms with Crippen molar-refractivity contribution in [2.24, 2.45) is 0 Å². The smallest absolute Gasteiger partial charge is 0.0949 e. The zero-order valence-electron chi connectivity index (χ0n) is 7.29. The fourth-order valence-electron chi connectivity index (χ4n) is 1.46. The lowest BCUT2D eigenvalue weighted by atomic mass is 10.1. The minimum absolute atomic E-state index is 0.186. The third-order valence-corrected chi connectivity index (χ3v) is 2.42. The molecule has 1 atom stereocenters. The molecule has 1 aliphatic heterocycles. The van der Waals surface area contributed by atoms with Gasteiger partial charge in [-0.15, -0.1) is 0 Å². The number of halogens is 1. The molecule has 2 rings (SSSR count). The highest BCUT2D eigenvalue weighted by Crippen LogP contribution is 2.20. The summed E-state index contributed by atoms with van der Waals surface area (Å²) in [5.74, 6) is 0. The number of hydrogen-bond donors (Lipinski definition) is 1. The van der Waals surface area contributed by atoms with E-state index in [1.54, 1.807) is 0 Å². The molecule has 1 aromatic rings. The lowest BCUT2D eigenvalue weighted by Crippen LogP contribution is -2.33. The van der Waals surface area contributed by atoms with E-state index < -0.39 is 0 Å². The van der Waals surface area contributed by atoms with Crippen LogP contribution in [0.1, 0.15) is 11.7 Å². The highest BCUT2D eigenvalue weighted by Gasteiger charge is 2.14. The normalized spacial score (nSPS) is 23.0. The van der Waals surface area contributed by atoms with Crippen LogP contribution >= 0.6 is 11.6 Å². The Kier molecular flexibility index (Phi) is 2.83. The molecule has 0 radical (unpaired) electrons. The van der Waals surface area contributed by atoms with E-state index in [0.717, 1.165) is 24.7 Å². The number of morpholine rings is 1. The Morgan fingerprint density at radius 1 is 1.31 bits per heavy atom. The van der Waals surface area contributed by atoms with E-state index in [2.05, 4.69) is 5.32 Å². The maximum atomic E-state index is 5.79. The van der Waals surface area contributed by atoms with Gasteiger partial charge >= 0.3 is 0 Å². The molecule has 0 saturated carbocycles. The fraction of sp³-hybridized carbons (Fsp3) is 0.400. The first kappa shape index (κ1) is 9.00. The van der Waals surface area contributed by atoms with E-state index in [0.29, 0.717) is 0 Å². The monoisotopic (exact) mass is 197 g/mol. The van der Waals surface area contributed by atoms with Crippen molar-refractivity contribution in [2.75, 3.05) is 19.7 Å². The molecule has 1 aromatic carbocycles. The van der Waals surface area contributed by atoms with Crippen LogP contribution in [0.4, 0.5) is 0 Å². The highest BCUT2D eigenvalue weighted by molar-refractivity contribution is 6.30. The quantitative estimate of drug-likeness (QED) is 0.744.